The monoisotopic (exact) mass is 354 g/mol. The third-order valence-corrected chi connectivity index (χ3v) is 5.08. The first-order valence-corrected chi connectivity index (χ1v) is 8.98. The Labute approximate surface area is 154 Å². The maximum atomic E-state index is 13.0. The zero-order valence-corrected chi connectivity index (χ0v) is 15.1. The van der Waals surface area contributed by atoms with Gasteiger partial charge in [0.2, 0.25) is 5.91 Å². The number of hydrogen-bond acceptors (Lipinski definition) is 4. The van der Waals surface area contributed by atoms with Crippen molar-refractivity contribution in [3.63, 3.8) is 0 Å². The second kappa shape index (κ2) is 8.34. The van der Waals surface area contributed by atoms with Crippen LogP contribution in [0.15, 0.2) is 54.6 Å². The molecule has 0 radical (unpaired) electrons. The van der Waals surface area contributed by atoms with E-state index < -0.39 is 5.41 Å². The van der Waals surface area contributed by atoms with Gasteiger partial charge in [-0.15, -0.1) is 0 Å². The van der Waals surface area contributed by atoms with Crippen LogP contribution in [-0.2, 0) is 11.3 Å². The topological polar surface area (TPSA) is 61.8 Å². The summed E-state index contributed by atoms with van der Waals surface area (Å²) in [5.41, 5.74) is 1.39. The highest BCUT2D eigenvalue weighted by molar-refractivity contribution is 5.96. The third kappa shape index (κ3) is 4.23. The number of likely N-dealkylation sites (tertiary alicyclic amines) is 1. The van der Waals surface area contributed by atoms with Crippen LogP contribution in [0.25, 0.3) is 0 Å². The van der Waals surface area contributed by atoms with Gasteiger partial charge in [-0.2, -0.15) is 0 Å². The Hall–Kier alpha value is -2.37. The Bertz CT molecular complexity index is 735. The van der Waals surface area contributed by atoms with Crippen LogP contribution in [0.5, 0.6) is 5.75 Å². The molecule has 1 atom stereocenters. The molecule has 0 aliphatic carbocycles. The Morgan fingerprint density at radius 2 is 2.04 bits per heavy atom. The molecule has 1 saturated heterocycles. The fraction of sp³-hybridized carbons (Fsp3) is 0.381. The lowest BCUT2D eigenvalue weighted by molar-refractivity contribution is -0.126. The molecule has 0 saturated carbocycles. The van der Waals surface area contributed by atoms with Crippen LogP contribution in [0, 0.1) is 5.41 Å². The molecule has 0 aromatic heterocycles. The summed E-state index contributed by atoms with van der Waals surface area (Å²) < 4.78 is 5.22. The van der Waals surface area contributed by atoms with E-state index >= 15 is 0 Å². The van der Waals surface area contributed by atoms with Crippen molar-refractivity contribution in [1.29, 1.82) is 0 Å². The molecule has 2 N–H and O–H groups in total. The van der Waals surface area contributed by atoms with Crippen molar-refractivity contribution < 1.29 is 14.6 Å². The van der Waals surface area contributed by atoms with Crippen LogP contribution in [0.2, 0.25) is 0 Å². The Kier molecular flexibility index (Phi) is 5.91. The molecule has 1 heterocycles. The first kappa shape index (κ1) is 18.4. The molecular weight excluding hydrogens is 328 g/mol. The molecule has 0 bridgehead atoms. The third-order valence-electron chi connectivity index (χ3n) is 5.08. The van der Waals surface area contributed by atoms with Crippen LogP contribution >= 0.6 is 0 Å². The minimum Gasteiger partial charge on any atom is -0.497 e. The number of anilines is 1. The lowest BCUT2D eigenvalue weighted by atomic mass is 9.82. The number of carbonyl (C=O) groups excluding carboxylic acids is 1. The minimum atomic E-state index is -0.563. The number of ether oxygens (including phenoxy) is 1. The number of aliphatic hydroxyl groups excluding tert-OH is 1. The normalized spacial score (nSPS) is 20.1. The maximum Gasteiger partial charge on any atom is 0.232 e. The second-order valence-corrected chi connectivity index (χ2v) is 6.89. The number of benzene rings is 2. The number of hydrogen-bond donors (Lipinski definition) is 2. The fourth-order valence-corrected chi connectivity index (χ4v) is 3.62. The minimum absolute atomic E-state index is 0.00467. The highest BCUT2D eigenvalue weighted by atomic mass is 16.5. The average Bonchev–Trinajstić information content (AvgIpc) is 3.07. The lowest BCUT2D eigenvalue weighted by Crippen LogP contribution is -2.39. The van der Waals surface area contributed by atoms with Crippen LogP contribution in [0.1, 0.15) is 18.4 Å². The Morgan fingerprint density at radius 3 is 2.77 bits per heavy atom. The molecule has 2 aromatic rings. The van der Waals surface area contributed by atoms with E-state index in [1.165, 1.54) is 5.56 Å². The highest BCUT2D eigenvalue weighted by Crippen LogP contribution is 2.36. The molecule has 1 amide bonds. The van der Waals surface area contributed by atoms with Crippen molar-refractivity contribution in [2.75, 3.05) is 32.1 Å². The van der Waals surface area contributed by atoms with Gasteiger partial charge in [-0.25, -0.2) is 0 Å². The fourth-order valence-electron chi connectivity index (χ4n) is 3.62. The van der Waals surface area contributed by atoms with Crippen molar-refractivity contribution in [2.24, 2.45) is 5.41 Å². The number of nitrogens with one attached hydrogen (secondary N) is 1. The van der Waals surface area contributed by atoms with E-state index in [4.69, 9.17) is 4.74 Å². The zero-order chi connectivity index (χ0) is 18.4. The van der Waals surface area contributed by atoms with Gasteiger partial charge in [0.15, 0.2) is 0 Å². The Morgan fingerprint density at radius 1 is 1.23 bits per heavy atom. The van der Waals surface area contributed by atoms with Gasteiger partial charge in [-0.3, -0.25) is 9.69 Å². The van der Waals surface area contributed by atoms with Crippen molar-refractivity contribution in [3.8, 4) is 5.75 Å². The molecule has 138 valence electrons. The van der Waals surface area contributed by atoms with Gasteiger partial charge in [0, 0.05) is 31.5 Å². The predicted molar refractivity (Wildman–Crippen MR) is 102 cm³/mol. The van der Waals surface area contributed by atoms with Gasteiger partial charge in [0.05, 0.1) is 12.5 Å². The molecule has 1 unspecified atom stereocenters. The number of nitrogens with zero attached hydrogens (tertiary/aromatic N) is 1. The van der Waals surface area contributed by atoms with Gasteiger partial charge in [-0.05, 0) is 37.1 Å². The quantitative estimate of drug-likeness (QED) is 0.803. The zero-order valence-electron chi connectivity index (χ0n) is 15.1. The predicted octanol–water partition coefficient (Wildman–Crippen LogP) is 2.91. The summed E-state index contributed by atoms with van der Waals surface area (Å²) in [5, 5.41) is 12.6. The summed E-state index contributed by atoms with van der Waals surface area (Å²) in [6, 6.07) is 17.6. The van der Waals surface area contributed by atoms with Crippen molar-refractivity contribution in [1.82, 2.24) is 4.90 Å². The number of rotatable bonds is 7. The molecule has 1 aliphatic rings. The van der Waals surface area contributed by atoms with Gasteiger partial charge < -0.3 is 15.2 Å². The van der Waals surface area contributed by atoms with Gasteiger partial charge in [0.1, 0.15) is 5.75 Å². The van der Waals surface area contributed by atoms with E-state index in [1.807, 2.05) is 36.4 Å². The number of amides is 1. The molecule has 1 fully saturated rings. The number of carbonyl (C=O) groups is 1. The maximum absolute atomic E-state index is 13.0. The van der Waals surface area contributed by atoms with E-state index in [2.05, 4.69) is 22.3 Å². The molecule has 3 rings (SSSR count). The molecular formula is C21H26N2O3. The highest BCUT2D eigenvalue weighted by Gasteiger charge is 2.44. The smallest absolute Gasteiger partial charge is 0.232 e. The molecule has 5 nitrogen and oxygen atoms in total. The van der Waals surface area contributed by atoms with Crippen LogP contribution in [0.3, 0.4) is 0 Å². The molecule has 5 heteroatoms. The van der Waals surface area contributed by atoms with Gasteiger partial charge in [0.25, 0.3) is 0 Å². The average molecular weight is 354 g/mol. The summed E-state index contributed by atoms with van der Waals surface area (Å²) in [4.78, 5) is 15.3. The van der Waals surface area contributed by atoms with Crippen molar-refractivity contribution >= 4 is 11.6 Å². The summed E-state index contributed by atoms with van der Waals surface area (Å²) >= 11 is 0. The summed E-state index contributed by atoms with van der Waals surface area (Å²) in [6.45, 7) is 2.32. The van der Waals surface area contributed by atoms with Crippen LogP contribution in [0.4, 0.5) is 5.69 Å². The van der Waals surface area contributed by atoms with E-state index in [0.717, 1.165) is 19.5 Å². The molecule has 2 aromatic carbocycles. The first-order valence-electron chi connectivity index (χ1n) is 8.98. The van der Waals surface area contributed by atoms with Crippen LogP contribution < -0.4 is 10.1 Å². The summed E-state index contributed by atoms with van der Waals surface area (Å²) in [7, 11) is 1.60. The summed E-state index contributed by atoms with van der Waals surface area (Å²) in [5.74, 6) is 0.673. The lowest BCUT2D eigenvalue weighted by Gasteiger charge is -2.28. The standard InChI is InChI=1S/C21H26N2O3/c1-26-19-9-5-8-18(14-19)22-20(25)21(11-13-24)10-12-23(16-21)15-17-6-3-2-4-7-17/h2-9,14,24H,10-13,15-16H2,1H3,(H,22,25). The second-order valence-electron chi connectivity index (χ2n) is 6.89. The van der Waals surface area contributed by atoms with Gasteiger partial charge in [-0.1, -0.05) is 36.4 Å². The first-order chi connectivity index (χ1) is 12.6. The van der Waals surface area contributed by atoms with Gasteiger partial charge >= 0.3 is 0 Å². The van der Waals surface area contributed by atoms with E-state index in [1.54, 1.807) is 13.2 Å². The van der Waals surface area contributed by atoms with E-state index in [9.17, 15) is 9.90 Å². The number of aliphatic hydroxyl groups is 1. The largest absolute Gasteiger partial charge is 0.497 e. The van der Waals surface area contributed by atoms with Crippen molar-refractivity contribution in [3.05, 3.63) is 60.2 Å². The van der Waals surface area contributed by atoms with Crippen LogP contribution in [-0.4, -0.2) is 42.7 Å². The van der Waals surface area contributed by atoms with E-state index in [-0.39, 0.29) is 12.5 Å². The van der Waals surface area contributed by atoms with E-state index in [0.29, 0.717) is 24.4 Å². The van der Waals surface area contributed by atoms with Crippen molar-refractivity contribution in [2.45, 2.75) is 19.4 Å². The molecule has 1 aliphatic heterocycles. The Balaban J connectivity index is 1.70. The number of methoxy groups -OCH3 is 1. The molecule has 0 spiro atoms. The molecule has 26 heavy (non-hydrogen) atoms. The SMILES string of the molecule is COc1cccc(NC(=O)C2(CCO)CCN(Cc3ccccc3)C2)c1. The summed E-state index contributed by atoms with van der Waals surface area (Å²) in [6.07, 6.45) is 1.21.